The predicted octanol–water partition coefficient (Wildman–Crippen LogP) is 6.57. The van der Waals surface area contributed by atoms with Crippen molar-refractivity contribution in [1.82, 2.24) is 4.90 Å². The van der Waals surface area contributed by atoms with Gasteiger partial charge in [-0.15, -0.1) is 0 Å². The van der Waals surface area contributed by atoms with Gasteiger partial charge in [-0.2, -0.15) is 0 Å². The van der Waals surface area contributed by atoms with E-state index in [2.05, 4.69) is 30.9 Å². The highest BCUT2D eigenvalue weighted by atomic mass is 16.6. The topological polar surface area (TPSA) is 59.0 Å². The summed E-state index contributed by atoms with van der Waals surface area (Å²) in [5, 5.41) is 10.0. The number of nitrogens with zero attached hydrogens (tertiary/aromatic N) is 1. The lowest BCUT2D eigenvalue weighted by Crippen LogP contribution is -2.45. The van der Waals surface area contributed by atoms with Crippen molar-refractivity contribution in [1.29, 1.82) is 0 Å². The number of rotatable bonds is 7. The molecule has 3 aliphatic carbocycles. The van der Waals surface area contributed by atoms with Crippen LogP contribution >= 0.6 is 0 Å². The molecule has 0 bridgehead atoms. The van der Waals surface area contributed by atoms with Crippen LogP contribution in [0.3, 0.4) is 0 Å². The third kappa shape index (κ3) is 5.12. The van der Waals surface area contributed by atoms with E-state index in [0.717, 1.165) is 36.8 Å². The normalized spacial score (nSPS) is 30.4. The Morgan fingerprint density at radius 1 is 1.11 bits per heavy atom. The average Bonchev–Trinajstić information content (AvgIpc) is 3.15. The Morgan fingerprint density at radius 3 is 2.68 bits per heavy atom. The largest absolute Gasteiger partial charge is 0.508 e. The first-order valence-electron chi connectivity index (χ1n) is 14.1. The fraction of sp³-hybridized carbons (Fsp3) is 0.594. The van der Waals surface area contributed by atoms with E-state index in [4.69, 9.17) is 9.47 Å². The fourth-order valence-corrected chi connectivity index (χ4v) is 8.23. The number of phenols is 1. The maximum atomic E-state index is 11.7. The van der Waals surface area contributed by atoms with Crippen molar-refractivity contribution in [3.63, 3.8) is 0 Å². The van der Waals surface area contributed by atoms with Crippen LogP contribution in [-0.4, -0.2) is 36.7 Å². The fourth-order valence-electron chi connectivity index (χ4n) is 8.23. The Morgan fingerprint density at radius 2 is 1.92 bits per heavy atom. The third-order valence-corrected chi connectivity index (χ3v) is 9.74. The standard InChI is InChI=1S/C32H43NO4/c1-20-16-23-18-25(35)8-9-26(23)27-12-14-32(3)24(7-10-28(32)31(20)27)13-15-36-29-11-6-22(19-33(4)5)17-30(29)37-21(2)34/h6,8-9,11,17-18,20,24,27-28,31,35H,7,10,12-16,19H2,1-5H3/t20-,24-,27?,28?,31?,32?/m1/s1. The molecule has 4 unspecified atom stereocenters. The molecule has 0 heterocycles. The number of aromatic hydroxyl groups is 1. The van der Waals surface area contributed by atoms with Gasteiger partial charge in [0.15, 0.2) is 11.5 Å². The molecule has 2 aromatic rings. The van der Waals surface area contributed by atoms with E-state index in [9.17, 15) is 9.90 Å². The Hall–Kier alpha value is -2.53. The molecule has 2 saturated carbocycles. The van der Waals surface area contributed by atoms with Crippen LogP contribution in [0.4, 0.5) is 0 Å². The van der Waals surface area contributed by atoms with Crippen molar-refractivity contribution in [3.8, 4) is 17.2 Å². The molecule has 2 aromatic carbocycles. The maximum absolute atomic E-state index is 11.7. The van der Waals surface area contributed by atoms with Crippen molar-refractivity contribution in [2.24, 2.45) is 29.1 Å². The first-order valence-corrected chi connectivity index (χ1v) is 14.1. The number of carbonyl (C=O) groups is 1. The van der Waals surface area contributed by atoms with E-state index < -0.39 is 0 Å². The predicted molar refractivity (Wildman–Crippen MR) is 146 cm³/mol. The lowest BCUT2D eigenvalue weighted by molar-refractivity contribution is -0.132. The smallest absolute Gasteiger partial charge is 0.308 e. The Balaban J connectivity index is 1.26. The summed E-state index contributed by atoms with van der Waals surface area (Å²) in [5.74, 6) is 4.63. The van der Waals surface area contributed by atoms with Crippen molar-refractivity contribution in [2.75, 3.05) is 20.7 Å². The van der Waals surface area contributed by atoms with Gasteiger partial charge in [0.2, 0.25) is 0 Å². The van der Waals surface area contributed by atoms with Crippen LogP contribution in [-0.2, 0) is 17.8 Å². The van der Waals surface area contributed by atoms with Crippen molar-refractivity contribution in [2.45, 2.75) is 71.8 Å². The number of phenolic OH excluding ortho intramolecular Hbond substituents is 1. The maximum Gasteiger partial charge on any atom is 0.308 e. The minimum Gasteiger partial charge on any atom is -0.508 e. The van der Waals surface area contributed by atoms with Crippen LogP contribution in [0.15, 0.2) is 36.4 Å². The number of ether oxygens (including phenoxy) is 2. The molecule has 0 aromatic heterocycles. The number of benzene rings is 2. The summed E-state index contributed by atoms with van der Waals surface area (Å²) >= 11 is 0. The molecule has 0 saturated heterocycles. The number of hydrogen-bond acceptors (Lipinski definition) is 5. The van der Waals surface area contributed by atoms with E-state index in [1.165, 1.54) is 43.7 Å². The molecule has 5 rings (SSSR count). The summed E-state index contributed by atoms with van der Waals surface area (Å²) in [6.45, 7) is 7.84. The van der Waals surface area contributed by atoms with Gasteiger partial charge in [-0.05, 0) is 129 Å². The molecule has 0 radical (unpaired) electrons. The lowest BCUT2D eigenvalue weighted by Gasteiger charge is -2.53. The zero-order valence-corrected chi connectivity index (χ0v) is 23.1. The molecule has 5 heteroatoms. The van der Waals surface area contributed by atoms with Gasteiger partial charge in [0.05, 0.1) is 6.61 Å². The molecular formula is C32H43NO4. The van der Waals surface area contributed by atoms with E-state index in [1.807, 2.05) is 38.4 Å². The molecule has 2 fully saturated rings. The molecule has 5 nitrogen and oxygen atoms in total. The van der Waals surface area contributed by atoms with Gasteiger partial charge < -0.3 is 19.5 Å². The van der Waals surface area contributed by atoms with Gasteiger partial charge in [-0.3, -0.25) is 4.79 Å². The molecule has 3 aliphatic rings. The van der Waals surface area contributed by atoms with Crippen LogP contribution in [0.1, 0.15) is 75.5 Å². The SMILES string of the molecule is CC(=O)Oc1cc(CN(C)C)ccc1OCC[C@H]1CCC2C3C(CCC21C)c1ccc(O)cc1C[C@H]3C. The minimum atomic E-state index is -0.326. The zero-order valence-electron chi connectivity index (χ0n) is 23.1. The molecule has 0 spiro atoms. The quantitative estimate of drug-likeness (QED) is 0.341. The van der Waals surface area contributed by atoms with Gasteiger partial charge in [-0.25, -0.2) is 0 Å². The van der Waals surface area contributed by atoms with E-state index in [0.29, 0.717) is 47.0 Å². The molecule has 1 N–H and O–H groups in total. The number of fused-ring (bicyclic) bond motifs is 5. The van der Waals surface area contributed by atoms with Crippen LogP contribution in [0.5, 0.6) is 17.2 Å². The second-order valence-corrected chi connectivity index (χ2v) is 12.4. The van der Waals surface area contributed by atoms with E-state index >= 15 is 0 Å². The van der Waals surface area contributed by atoms with E-state index in [1.54, 1.807) is 0 Å². The second kappa shape index (κ2) is 10.3. The third-order valence-electron chi connectivity index (χ3n) is 9.74. The van der Waals surface area contributed by atoms with Crippen LogP contribution in [0.25, 0.3) is 0 Å². The summed E-state index contributed by atoms with van der Waals surface area (Å²) in [6, 6.07) is 12.0. The molecule has 0 aliphatic heterocycles. The van der Waals surface area contributed by atoms with Gasteiger partial charge >= 0.3 is 5.97 Å². The minimum absolute atomic E-state index is 0.326. The van der Waals surface area contributed by atoms with Gasteiger partial charge in [-0.1, -0.05) is 26.0 Å². The first kappa shape index (κ1) is 26.1. The second-order valence-electron chi connectivity index (χ2n) is 12.4. The number of esters is 1. The van der Waals surface area contributed by atoms with Crippen LogP contribution < -0.4 is 9.47 Å². The molecule has 6 atom stereocenters. The van der Waals surface area contributed by atoms with Crippen LogP contribution in [0.2, 0.25) is 0 Å². The summed E-state index contributed by atoms with van der Waals surface area (Å²) in [6.07, 6.45) is 7.17. The molecule has 37 heavy (non-hydrogen) atoms. The zero-order chi connectivity index (χ0) is 26.3. The Labute approximate surface area is 222 Å². The van der Waals surface area contributed by atoms with Gasteiger partial charge in [0, 0.05) is 13.5 Å². The van der Waals surface area contributed by atoms with Crippen molar-refractivity contribution < 1.29 is 19.4 Å². The molecule has 200 valence electrons. The van der Waals surface area contributed by atoms with Crippen molar-refractivity contribution in [3.05, 3.63) is 53.1 Å². The summed E-state index contributed by atoms with van der Waals surface area (Å²) in [7, 11) is 4.05. The summed E-state index contributed by atoms with van der Waals surface area (Å²) < 4.78 is 11.8. The van der Waals surface area contributed by atoms with Gasteiger partial charge in [0.25, 0.3) is 0 Å². The van der Waals surface area contributed by atoms with Gasteiger partial charge in [0.1, 0.15) is 5.75 Å². The summed E-state index contributed by atoms with van der Waals surface area (Å²) in [4.78, 5) is 13.8. The Kier molecular flexibility index (Phi) is 7.28. The molecule has 0 amide bonds. The first-order chi connectivity index (χ1) is 17.7. The summed E-state index contributed by atoms with van der Waals surface area (Å²) in [5.41, 5.74) is 4.29. The van der Waals surface area contributed by atoms with Crippen molar-refractivity contribution >= 4 is 5.97 Å². The average molecular weight is 506 g/mol. The monoisotopic (exact) mass is 505 g/mol. The highest BCUT2D eigenvalue weighted by Crippen LogP contribution is 2.64. The highest BCUT2D eigenvalue weighted by Gasteiger charge is 2.55. The van der Waals surface area contributed by atoms with Crippen LogP contribution in [0, 0.1) is 29.1 Å². The Bertz CT molecular complexity index is 1140. The highest BCUT2D eigenvalue weighted by molar-refractivity contribution is 5.70. The lowest BCUT2D eigenvalue weighted by atomic mass is 9.51. The van der Waals surface area contributed by atoms with E-state index in [-0.39, 0.29) is 5.97 Å². The number of hydrogen-bond donors (Lipinski definition) is 1. The molecular weight excluding hydrogens is 462 g/mol. The number of carbonyl (C=O) groups excluding carboxylic acids is 1.